The molecule has 1 fully saturated rings. The zero-order chi connectivity index (χ0) is 41.8. The first-order chi connectivity index (χ1) is 27.5. The number of para-hydroxylation sites is 1. The lowest BCUT2D eigenvalue weighted by Gasteiger charge is -2.30. The summed E-state index contributed by atoms with van der Waals surface area (Å²) in [6.07, 6.45) is 2.97. The van der Waals surface area contributed by atoms with Crippen molar-refractivity contribution in [2.75, 3.05) is 6.54 Å². The molecule has 2 aromatic heterocycles. The van der Waals surface area contributed by atoms with Crippen LogP contribution in [0.2, 0.25) is 0 Å². The van der Waals surface area contributed by atoms with Crippen LogP contribution in [0.4, 0.5) is 4.79 Å². The topological polar surface area (TPSA) is 197 Å². The zero-order valence-electron chi connectivity index (χ0n) is 33.4. The summed E-state index contributed by atoms with van der Waals surface area (Å²) >= 11 is 0. The number of ether oxygens (including phenoxy) is 1. The number of aromatic nitrogens is 4. The highest BCUT2D eigenvalue weighted by Gasteiger charge is 2.44. The Kier molecular flexibility index (Phi) is 12.4. The first-order valence-corrected chi connectivity index (χ1v) is 20.7. The second kappa shape index (κ2) is 17.2. The van der Waals surface area contributed by atoms with E-state index in [0.717, 1.165) is 27.6 Å². The van der Waals surface area contributed by atoms with Gasteiger partial charge in [0.15, 0.2) is 0 Å². The molecule has 15 nitrogen and oxygen atoms in total. The van der Waals surface area contributed by atoms with E-state index >= 15 is 0 Å². The standard InChI is InChI=1S/C42H50N8O7S/c1-26(2)20-34(38(51)47-58(55,56)31-18-16-27(3)17-19-31)44-39(52)37-22-30(50-25-36(46-48-50)28-12-8-7-9-13-28)24-49(37)40(53)35(45-41(54)57-42(4,5)6)21-29-23-43-33-15-11-10-14-32(29)33/h7-19,23,25-26,30,34-35,37,43H,20-22,24H2,1-6H3,(H,44,52)(H,45,54)(H,47,51)/t30-,34-,35-,37-/m0/s1. The number of carbonyl (C=O) groups excluding carboxylic acids is 4. The number of sulfonamides is 1. The molecule has 6 rings (SSSR count). The fourth-order valence-electron chi connectivity index (χ4n) is 7.02. The number of benzene rings is 3. The minimum atomic E-state index is -4.27. The van der Waals surface area contributed by atoms with Crippen molar-refractivity contribution in [2.45, 2.75) is 95.5 Å². The highest BCUT2D eigenvalue weighted by Crippen LogP contribution is 2.31. The van der Waals surface area contributed by atoms with Gasteiger partial charge >= 0.3 is 6.09 Å². The van der Waals surface area contributed by atoms with Gasteiger partial charge < -0.3 is 25.3 Å². The van der Waals surface area contributed by atoms with Gasteiger partial charge in [-0.15, -0.1) is 5.10 Å². The molecular weight excluding hydrogens is 761 g/mol. The Morgan fingerprint density at radius 3 is 2.31 bits per heavy atom. The first-order valence-electron chi connectivity index (χ1n) is 19.2. The molecule has 4 atom stereocenters. The number of nitrogens with one attached hydrogen (secondary N) is 4. The van der Waals surface area contributed by atoms with E-state index in [9.17, 15) is 27.6 Å². The van der Waals surface area contributed by atoms with E-state index in [1.54, 1.807) is 50.0 Å². The van der Waals surface area contributed by atoms with Gasteiger partial charge in [-0.1, -0.05) is 85.3 Å². The molecule has 3 aromatic carbocycles. The fourth-order valence-corrected chi connectivity index (χ4v) is 8.03. The van der Waals surface area contributed by atoms with Gasteiger partial charge in [0.1, 0.15) is 29.4 Å². The molecule has 0 aliphatic carbocycles. The van der Waals surface area contributed by atoms with Gasteiger partial charge in [-0.05, 0) is 63.8 Å². The van der Waals surface area contributed by atoms with Crippen molar-refractivity contribution < 1.29 is 32.3 Å². The first kappa shape index (κ1) is 41.6. The highest BCUT2D eigenvalue weighted by molar-refractivity contribution is 7.90. The summed E-state index contributed by atoms with van der Waals surface area (Å²) in [6, 6.07) is 18.9. The average Bonchev–Trinajstić information content (AvgIpc) is 3.93. The summed E-state index contributed by atoms with van der Waals surface area (Å²) in [7, 11) is -4.27. The van der Waals surface area contributed by atoms with Crippen LogP contribution in [0.1, 0.15) is 64.6 Å². The number of amides is 4. The van der Waals surface area contributed by atoms with Gasteiger partial charge in [0.25, 0.3) is 15.9 Å². The maximum absolute atomic E-state index is 14.9. The molecule has 58 heavy (non-hydrogen) atoms. The van der Waals surface area contributed by atoms with Gasteiger partial charge in [-0.3, -0.25) is 14.4 Å². The lowest BCUT2D eigenvalue weighted by molar-refractivity contribution is -0.140. The Bertz CT molecular complexity index is 2370. The SMILES string of the molecule is Cc1ccc(S(=O)(=O)NC(=O)[C@H](CC(C)C)NC(=O)[C@@H]2C[C@H](n3cc(-c4ccccc4)nn3)CN2C(=O)[C@H](Cc2c[nH]c3ccccc23)NC(=O)OC(C)(C)C)cc1. The molecule has 4 N–H and O–H groups in total. The van der Waals surface area contributed by atoms with E-state index < -0.39 is 63.6 Å². The minimum absolute atomic E-state index is 0.0116. The number of nitrogens with zero attached hydrogens (tertiary/aromatic N) is 4. The van der Waals surface area contributed by atoms with E-state index in [1.165, 1.54) is 17.0 Å². The maximum atomic E-state index is 14.9. The summed E-state index contributed by atoms with van der Waals surface area (Å²) < 4.78 is 35.8. The molecule has 0 spiro atoms. The Morgan fingerprint density at radius 2 is 1.62 bits per heavy atom. The Labute approximate surface area is 338 Å². The van der Waals surface area contributed by atoms with Crippen LogP contribution in [0.25, 0.3) is 22.2 Å². The molecule has 1 saturated heterocycles. The number of hydrogen-bond acceptors (Lipinski definition) is 9. The predicted octanol–water partition coefficient (Wildman–Crippen LogP) is 5.05. The van der Waals surface area contributed by atoms with E-state index in [-0.39, 0.29) is 36.6 Å². The van der Waals surface area contributed by atoms with Crippen molar-refractivity contribution in [1.82, 2.24) is 40.2 Å². The number of likely N-dealkylation sites (tertiary alicyclic amines) is 1. The number of alkyl carbamates (subject to hydrolysis) is 1. The summed E-state index contributed by atoms with van der Waals surface area (Å²) in [5, 5.41) is 15.1. The van der Waals surface area contributed by atoms with Crippen LogP contribution in [-0.2, 0) is 35.6 Å². The van der Waals surface area contributed by atoms with Crippen LogP contribution < -0.4 is 15.4 Å². The quantitative estimate of drug-likeness (QED) is 0.126. The van der Waals surface area contributed by atoms with Gasteiger partial charge in [0, 0.05) is 42.0 Å². The van der Waals surface area contributed by atoms with Crippen LogP contribution in [-0.4, -0.2) is 87.4 Å². The smallest absolute Gasteiger partial charge is 0.408 e. The molecule has 16 heteroatoms. The maximum Gasteiger partial charge on any atom is 0.408 e. The molecule has 0 unspecified atom stereocenters. The van der Waals surface area contributed by atoms with Crippen molar-refractivity contribution in [2.24, 2.45) is 5.92 Å². The minimum Gasteiger partial charge on any atom is -0.444 e. The second-order valence-corrected chi connectivity index (χ2v) is 17.8. The molecule has 0 radical (unpaired) electrons. The van der Waals surface area contributed by atoms with Crippen molar-refractivity contribution in [1.29, 1.82) is 0 Å². The summed E-state index contributed by atoms with van der Waals surface area (Å²) in [4.78, 5) is 60.8. The summed E-state index contributed by atoms with van der Waals surface area (Å²) in [6.45, 7) is 10.7. The molecular formula is C42H50N8O7S. The Balaban J connectivity index is 1.32. The largest absolute Gasteiger partial charge is 0.444 e. The normalized spacial score (nSPS) is 16.8. The van der Waals surface area contributed by atoms with E-state index in [4.69, 9.17) is 4.74 Å². The van der Waals surface area contributed by atoms with Crippen LogP contribution in [0.5, 0.6) is 0 Å². The number of rotatable bonds is 13. The molecule has 4 amide bonds. The molecule has 1 aliphatic heterocycles. The number of fused-ring (bicyclic) bond motifs is 1. The van der Waals surface area contributed by atoms with Crippen LogP contribution in [0.15, 0.2) is 96.2 Å². The molecule has 0 bridgehead atoms. The van der Waals surface area contributed by atoms with Crippen LogP contribution in [0.3, 0.4) is 0 Å². The number of hydrogen-bond donors (Lipinski definition) is 4. The number of carbonyl (C=O) groups is 4. The van der Waals surface area contributed by atoms with Gasteiger partial charge in [0.2, 0.25) is 11.8 Å². The van der Waals surface area contributed by atoms with Gasteiger partial charge in [-0.25, -0.2) is 22.6 Å². The van der Waals surface area contributed by atoms with Gasteiger partial charge in [0.05, 0.1) is 17.1 Å². The molecule has 1 aliphatic rings. The van der Waals surface area contributed by atoms with E-state index in [2.05, 4.69) is 30.7 Å². The molecule has 0 saturated carbocycles. The van der Waals surface area contributed by atoms with Crippen LogP contribution in [0, 0.1) is 12.8 Å². The van der Waals surface area contributed by atoms with Crippen molar-refractivity contribution in [3.05, 3.63) is 102 Å². The van der Waals surface area contributed by atoms with Crippen molar-refractivity contribution in [3.63, 3.8) is 0 Å². The molecule has 3 heterocycles. The number of aromatic amines is 1. The second-order valence-electron chi connectivity index (χ2n) is 16.1. The highest BCUT2D eigenvalue weighted by atomic mass is 32.2. The van der Waals surface area contributed by atoms with Crippen molar-refractivity contribution in [3.8, 4) is 11.3 Å². The Hall–Kier alpha value is -6.03. The Morgan fingerprint density at radius 1 is 0.931 bits per heavy atom. The van der Waals surface area contributed by atoms with E-state index in [1.807, 2.05) is 75.4 Å². The third kappa shape index (κ3) is 10.1. The predicted molar refractivity (Wildman–Crippen MR) is 218 cm³/mol. The monoisotopic (exact) mass is 810 g/mol. The third-order valence-electron chi connectivity index (χ3n) is 9.81. The summed E-state index contributed by atoms with van der Waals surface area (Å²) in [5.74, 6) is -2.27. The number of aryl methyl sites for hydroxylation is 1. The fraction of sp³-hybridized carbons (Fsp3) is 0.381. The summed E-state index contributed by atoms with van der Waals surface area (Å²) in [5.41, 5.74) is 3.02. The lowest BCUT2D eigenvalue weighted by Crippen LogP contribution is -2.57. The average molecular weight is 811 g/mol. The van der Waals surface area contributed by atoms with Crippen molar-refractivity contribution >= 4 is 44.7 Å². The lowest BCUT2D eigenvalue weighted by atomic mass is 10.0. The number of H-pyrrole nitrogens is 1. The zero-order valence-corrected chi connectivity index (χ0v) is 34.2. The molecule has 5 aromatic rings. The van der Waals surface area contributed by atoms with Gasteiger partial charge in [-0.2, -0.15) is 0 Å². The van der Waals surface area contributed by atoms with Crippen LogP contribution >= 0.6 is 0 Å². The molecule has 306 valence electrons. The third-order valence-corrected chi connectivity index (χ3v) is 11.2. The van der Waals surface area contributed by atoms with E-state index in [0.29, 0.717) is 5.69 Å².